The van der Waals surface area contributed by atoms with Crippen LogP contribution in [0.1, 0.15) is 0 Å². The predicted molar refractivity (Wildman–Crippen MR) is 580 cm³/mol. The molecule has 0 radical (unpaired) electrons. The highest BCUT2D eigenvalue weighted by atomic mass is 15.2. The zero-order valence-electron chi connectivity index (χ0n) is 75.3. The summed E-state index contributed by atoms with van der Waals surface area (Å²) in [5.74, 6) is 0. The molecule has 0 unspecified atom stereocenters. The van der Waals surface area contributed by atoms with Crippen molar-refractivity contribution in [2.45, 2.75) is 0 Å². The molecule has 0 atom stereocenters. The van der Waals surface area contributed by atoms with Gasteiger partial charge in [-0.15, -0.1) is 0 Å². The van der Waals surface area contributed by atoms with Crippen LogP contribution in [0.5, 0.6) is 0 Å². The van der Waals surface area contributed by atoms with Crippen LogP contribution in [-0.4, -0.2) is 29.9 Å². The molecule has 0 N–H and O–H groups in total. The summed E-state index contributed by atoms with van der Waals surface area (Å²) >= 11 is 0. The average molecular weight is 1770 g/mol. The number of hydrogen-bond acceptors (Lipinski definition) is 9. The lowest BCUT2D eigenvalue weighted by atomic mass is 9.90. The maximum Gasteiger partial charge on any atom is 0.0980 e. The molecule has 0 amide bonds. The highest BCUT2D eigenvalue weighted by Crippen LogP contribution is 2.58. The fourth-order valence-electron chi connectivity index (χ4n) is 21.6. The standard InChI is InChI=1S/C46H29N3.C44H27N3.C40H25N3/c1-2-12-30(13-3-1)31-24-26-33(27-25-31)45-46(48-41-21-8-7-20-40(41)47-45)39-29-35(28-34-14-4-5-17-36(34)39)49-42-22-9-6-18-37(42)38-19-10-15-32-16-11-23-43(49)44(32)38;1-2-12-30-27-31(24-23-28(30)11-1)43-44(46-38-20-7-6-19-37(38)45-43)36-25-26-40(33-16-4-3-15-32(33)36)47-39-21-8-5-17-34(39)35-18-9-13-29-14-10-22-41(47)42(29)35;1-2-12-27(13-3-1)39-40(42-34-21-8-7-20-33(34)41-39)32-24-25-36(29-17-5-4-16-28(29)32)43-35-22-9-6-18-30(35)31-19-10-14-26-15-11-23-37(43)38(26)31/h1-29H;1-27H;1-25H. The van der Waals surface area contributed by atoms with Crippen LogP contribution in [0.2, 0.25) is 0 Å². The van der Waals surface area contributed by atoms with Gasteiger partial charge < -0.3 is 14.7 Å². The van der Waals surface area contributed by atoms with Crippen molar-refractivity contribution in [1.29, 1.82) is 0 Å². The van der Waals surface area contributed by atoms with Gasteiger partial charge in [-0.25, -0.2) is 29.9 Å². The molecule has 0 spiro atoms. The van der Waals surface area contributed by atoms with Gasteiger partial charge in [0.15, 0.2) is 0 Å². The quantitative estimate of drug-likeness (QED) is 0.133. The molecule has 0 saturated heterocycles. The number of anilines is 9. The number of rotatable bonds is 10. The fourth-order valence-corrected chi connectivity index (χ4v) is 21.6. The molecule has 139 heavy (non-hydrogen) atoms. The molecule has 0 aliphatic carbocycles. The first kappa shape index (κ1) is 80.0. The molecule has 23 aromatic carbocycles. The van der Waals surface area contributed by atoms with Gasteiger partial charge in [-0.05, 0) is 192 Å². The zero-order chi connectivity index (χ0) is 91.5. The summed E-state index contributed by atoms with van der Waals surface area (Å²) in [5.41, 5.74) is 37.2. The molecule has 646 valence electrons. The van der Waals surface area contributed by atoms with Crippen LogP contribution < -0.4 is 14.7 Å². The van der Waals surface area contributed by atoms with E-state index in [4.69, 9.17) is 29.9 Å². The van der Waals surface area contributed by atoms with Gasteiger partial charge in [0.2, 0.25) is 0 Å². The highest BCUT2D eigenvalue weighted by Gasteiger charge is 2.33. The first-order valence-corrected chi connectivity index (χ1v) is 47.3. The molecular formula is C130H81N9. The van der Waals surface area contributed by atoms with Gasteiger partial charge in [-0.1, -0.05) is 376 Å². The minimum atomic E-state index is 0.868. The van der Waals surface area contributed by atoms with Crippen molar-refractivity contribution in [3.05, 3.63) is 491 Å². The maximum absolute atomic E-state index is 5.38. The average Bonchev–Trinajstić information content (AvgIpc) is 0.712. The molecule has 3 aromatic heterocycles. The monoisotopic (exact) mass is 1770 g/mol. The predicted octanol–water partition coefficient (Wildman–Crippen LogP) is 35.0. The van der Waals surface area contributed by atoms with Crippen molar-refractivity contribution in [3.8, 4) is 112 Å². The van der Waals surface area contributed by atoms with Crippen LogP contribution >= 0.6 is 0 Å². The summed E-state index contributed by atoms with van der Waals surface area (Å²) in [4.78, 5) is 38.9. The third-order valence-electron chi connectivity index (χ3n) is 27.9. The Morgan fingerprint density at radius 3 is 0.885 bits per heavy atom. The Kier molecular flexibility index (Phi) is 19.1. The molecule has 0 bridgehead atoms. The molecule has 9 heteroatoms. The lowest BCUT2D eigenvalue weighted by Crippen LogP contribution is -2.15. The first-order valence-electron chi connectivity index (χ1n) is 47.3. The summed E-state index contributed by atoms with van der Waals surface area (Å²) in [6, 6.07) is 175. The Morgan fingerprint density at radius 2 is 0.424 bits per heavy atom. The van der Waals surface area contributed by atoms with E-state index < -0.39 is 0 Å². The largest absolute Gasteiger partial charge is 0.309 e. The highest BCUT2D eigenvalue weighted by molar-refractivity contribution is 6.21. The van der Waals surface area contributed by atoms with Gasteiger partial charge in [0, 0.05) is 82.7 Å². The van der Waals surface area contributed by atoms with Crippen LogP contribution in [0.4, 0.5) is 51.2 Å². The summed E-state index contributed by atoms with van der Waals surface area (Å²) in [6.07, 6.45) is 0. The van der Waals surface area contributed by atoms with Gasteiger partial charge in [-0.3, -0.25) is 0 Å². The molecule has 29 rings (SSSR count). The maximum atomic E-state index is 5.38. The number of aromatic nitrogens is 6. The first-order chi connectivity index (χ1) is 69.0. The van der Waals surface area contributed by atoms with Crippen molar-refractivity contribution in [3.63, 3.8) is 0 Å². The van der Waals surface area contributed by atoms with E-state index in [1.54, 1.807) is 0 Å². The Bertz CT molecular complexity index is 9490. The van der Waals surface area contributed by atoms with Crippen molar-refractivity contribution in [2.75, 3.05) is 14.7 Å². The summed E-state index contributed by atoms with van der Waals surface area (Å²) in [6.45, 7) is 0. The van der Waals surface area contributed by atoms with E-state index in [1.165, 1.54) is 121 Å². The molecule has 0 fully saturated rings. The second-order valence-corrected chi connectivity index (χ2v) is 35.8. The fraction of sp³-hybridized carbons (Fsp3) is 0. The minimum absolute atomic E-state index is 0.868. The smallest absolute Gasteiger partial charge is 0.0980 e. The van der Waals surface area contributed by atoms with Crippen LogP contribution in [0.3, 0.4) is 0 Å². The molecule has 0 saturated carbocycles. The third-order valence-corrected chi connectivity index (χ3v) is 27.9. The molecule has 9 nitrogen and oxygen atoms in total. The number of nitrogens with zero attached hydrogens (tertiary/aromatic N) is 9. The van der Waals surface area contributed by atoms with Crippen LogP contribution in [-0.2, 0) is 0 Å². The Morgan fingerprint density at radius 1 is 0.129 bits per heavy atom. The van der Waals surface area contributed by atoms with Gasteiger partial charge in [0.05, 0.1) is 113 Å². The van der Waals surface area contributed by atoms with Crippen LogP contribution in [0.15, 0.2) is 491 Å². The lowest BCUT2D eigenvalue weighted by Gasteiger charge is -2.34. The van der Waals surface area contributed by atoms with E-state index >= 15 is 0 Å². The minimum Gasteiger partial charge on any atom is -0.309 e. The van der Waals surface area contributed by atoms with Gasteiger partial charge >= 0.3 is 0 Å². The lowest BCUT2D eigenvalue weighted by molar-refractivity contribution is 1.28. The number of fused-ring (bicyclic) bond motifs is 13. The van der Waals surface area contributed by atoms with E-state index in [0.29, 0.717) is 0 Å². The van der Waals surface area contributed by atoms with Gasteiger partial charge in [-0.2, -0.15) is 0 Å². The summed E-state index contributed by atoms with van der Waals surface area (Å²) in [7, 11) is 0. The van der Waals surface area contributed by atoms with E-state index in [2.05, 4.69) is 439 Å². The molecular weight excluding hydrogens is 1690 g/mol. The number of benzene rings is 23. The SMILES string of the molecule is c1ccc(-c2ccc(-c3nc4ccccc4nc3-c3cc(N4c5ccccc5-c5cccc6cccc4c56)cc4ccccc34)cc2)cc1.c1ccc(-c2nc3ccccc3nc2-c2ccc(N3c4ccccc4-c4cccc5cccc3c45)c3ccccc23)cc1.c1ccc2c(c1)-c1cccc3cccc(c13)N2c1ccc(-c2nc3ccccc3nc2-c2ccc3ccccc3c2)c2ccccc12. The van der Waals surface area contributed by atoms with E-state index in [1.807, 2.05) is 66.7 Å². The number of hydrogen-bond donors (Lipinski definition) is 0. The molecule has 6 heterocycles. The second kappa shape index (κ2) is 33.2. The third kappa shape index (κ3) is 13.5. The Hall–Kier alpha value is -18.7. The zero-order valence-corrected chi connectivity index (χ0v) is 75.3. The Labute approximate surface area is 802 Å². The van der Waals surface area contributed by atoms with E-state index in [9.17, 15) is 0 Å². The van der Waals surface area contributed by atoms with Crippen molar-refractivity contribution < 1.29 is 0 Å². The molecule has 3 aliphatic rings. The van der Waals surface area contributed by atoms with Crippen molar-refractivity contribution in [2.24, 2.45) is 0 Å². The van der Waals surface area contributed by atoms with E-state index in [-0.39, 0.29) is 0 Å². The second-order valence-electron chi connectivity index (χ2n) is 35.8. The Balaban J connectivity index is 0.000000105. The molecule has 26 aromatic rings. The van der Waals surface area contributed by atoms with Crippen LogP contribution in [0.25, 0.3) is 221 Å². The molecule has 3 aliphatic heterocycles. The van der Waals surface area contributed by atoms with Crippen molar-refractivity contribution >= 4 is 160 Å². The normalized spacial score (nSPS) is 12.1. The topological polar surface area (TPSA) is 87.1 Å². The van der Waals surface area contributed by atoms with Gasteiger partial charge in [0.1, 0.15) is 0 Å². The van der Waals surface area contributed by atoms with E-state index in [0.717, 1.165) is 150 Å². The van der Waals surface area contributed by atoms with Gasteiger partial charge in [0.25, 0.3) is 0 Å². The summed E-state index contributed by atoms with van der Waals surface area (Å²) < 4.78 is 0. The van der Waals surface area contributed by atoms with Crippen LogP contribution in [0, 0.1) is 0 Å². The number of para-hydroxylation sites is 9. The summed E-state index contributed by atoms with van der Waals surface area (Å²) in [5, 5.41) is 16.8. The van der Waals surface area contributed by atoms with Crippen molar-refractivity contribution in [1.82, 2.24) is 29.9 Å².